The van der Waals surface area contributed by atoms with Crippen LogP contribution in [0, 0.1) is 0 Å². The lowest BCUT2D eigenvalue weighted by Crippen LogP contribution is -2.26. The van der Waals surface area contributed by atoms with Gasteiger partial charge in [-0.25, -0.2) is 4.98 Å². The monoisotopic (exact) mass is 565 g/mol. The Bertz CT molecular complexity index is 1340. The van der Waals surface area contributed by atoms with Gasteiger partial charge in [-0.05, 0) is 54.1 Å². The zero-order chi connectivity index (χ0) is 25.5. The average molecular weight is 566 g/mol. The van der Waals surface area contributed by atoms with E-state index in [0.29, 0.717) is 12.1 Å². The second-order valence-corrected chi connectivity index (χ2v) is 9.66. The predicted molar refractivity (Wildman–Crippen MR) is 145 cm³/mol. The van der Waals surface area contributed by atoms with Crippen LogP contribution in [0.15, 0.2) is 82.6 Å². The number of carbonyl (C=O) groups is 2. The standard InChI is InChI=1S/C27H24BrN3O4S/c1-35-23-4-2-3-20(15-23)24-17-36-27(30-24)31(22-11-9-21(28)10-12-22)16-18-5-7-19(8-6-18)26(34)29-14-13-25(32)33/h2-12,15,17H,13-14,16H2,1H3,(H,29,34)(H,32,33). The number of hydrogen-bond acceptors (Lipinski definition) is 6. The number of benzene rings is 3. The summed E-state index contributed by atoms with van der Waals surface area (Å²) in [6.45, 7) is 0.639. The summed E-state index contributed by atoms with van der Waals surface area (Å²) in [4.78, 5) is 30.0. The number of aliphatic carboxylic acids is 1. The molecule has 3 aromatic carbocycles. The molecule has 9 heteroatoms. The lowest BCUT2D eigenvalue weighted by Gasteiger charge is -2.22. The molecule has 0 saturated carbocycles. The normalized spacial score (nSPS) is 10.6. The molecule has 0 unspecified atom stereocenters. The van der Waals surface area contributed by atoms with Crippen LogP contribution in [0.2, 0.25) is 0 Å². The van der Waals surface area contributed by atoms with E-state index in [4.69, 9.17) is 14.8 Å². The van der Waals surface area contributed by atoms with Gasteiger partial charge in [-0.2, -0.15) is 0 Å². The summed E-state index contributed by atoms with van der Waals surface area (Å²) in [5.74, 6) is -0.468. The molecule has 1 amide bonds. The molecule has 4 rings (SSSR count). The highest BCUT2D eigenvalue weighted by atomic mass is 79.9. The maximum absolute atomic E-state index is 12.3. The minimum atomic E-state index is -0.949. The summed E-state index contributed by atoms with van der Waals surface area (Å²) >= 11 is 5.05. The third kappa shape index (κ3) is 6.50. The van der Waals surface area contributed by atoms with Crippen molar-refractivity contribution in [1.82, 2.24) is 10.3 Å². The smallest absolute Gasteiger partial charge is 0.305 e. The maximum Gasteiger partial charge on any atom is 0.305 e. The van der Waals surface area contributed by atoms with E-state index in [-0.39, 0.29) is 18.9 Å². The molecule has 0 atom stereocenters. The van der Waals surface area contributed by atoms with Gasteiger partial charge in [0.05, 0.1) is 25.8 Å². The van der Waals surface area contributed by atoms with E-state index >= 15 is 0 Å². The topological polar surface area (TPSA) is 91.8 Å². The molecule has 184 valence electrons. The fourth-order valence-corrected chi connectivity index (χ4v) is 4.64. The number of methoxy groups -OCH3 is 1. The number of aromatic nitrogens is 1. The number of ether oxygens (including phenoxy) is 1. The summed E-state index contributed by atoms with van der Waals surface area (Å²) in [6.07, 6.45) is -0.114. The Balaban J connectivity index is 1.56. The molecule has 0 spiro atoms. The van der Waals surface area contributed by atoms with E-state index in [1.54, 1.807) is 30.6 Å². The molecule has 0 aliphatic carbocycles. The second kappa shape index (κ2) is 11.8. The van der Waals surface area contributed by atoms with E-state index in [9.17, 15) is 9.59 Å². The first-order valence-corrected chi connectivity index (χ1v) is 12.8. The van der Waals surface area contributed by atoms with Crippen molar-refractivity contribution in [3.63, 3.8) is 0 Å². The lowest BCUT2D eigenvalue weighted by molar-refractivity contribution is -0.136. The SMILES string of the molecule is COc1cccc(-c2csc(N(Cc3ccc(C(=O)NCCC(=O)O)cc3)c3ccc(Br)cc3)n2)c1. The number of nitrogens with one attached hydrogen (secondary N) is 1. The number of carbonyl (C=O) groups excluding carboxylic acids is 1. The van der Waals surface area contributed by atoms with Crippen LogP contribution in [0.3, 0.4) is 0 Å². The number of thiazole rings is 1. The van der Waals surface area contributed by atoms with Gasteiger partial charge < -0.3 is 20.1 Å². The first-order chi connectivity index (χ1) is 17.4. The van der Waals surface area contributed by atoms with E-state index in [1.807, 2.05) is 66.0 Å². The number of amides is 1. The largest absolute Gasteiger partial charge is 0.497 e. The molecule has 0 fully saturated rings. The van der Waals surface area contributed by atoms with Crippen LogP contribution >= 0.6 is 27.3 Å². The Labute approximate surface area is 221 Å². The highest BCUT2D eigenvalue weighted by Gasteiger charge is 2.16. The fourth-order valence-electron chi connectivity index (χ4n) is 3.52. The minimum absolute atomic E-state index is 0.0902. The van der Waals surface area contributed by atoms with Gasteiger partial charge in [0, 0.05) is 33.2 Å². The van der Waals surface area contributed by atoms with Gasteiger partial charge in [0.15, 0.2) is 5.13 Å². The van der Waals surface area contributed by atoms with Crippen molar-refractivity contribution in [3.05, 3.63) is 93.8 Å². The summed E-state index contributed by atoms with van der Waals surface area (Å²) in [5, 5.41) is 14.2. The fraction of sp³-hybridized carbons (Fsp3) is 0.148. The third-order valence-corrected chi connectivity index (χ3v) is 6.80. The summed E-state index contributed by atoms with van der Waals surface area (Å²) < 4.78 is 6.34. The van der Waals surface area contributed by atoms with Gasteiger partial charge in [0.2, 0.25) is 0 Å². The van der Waals surface area contributed by atoms with Crippen LogP contribution in [0.25, 0.3) is 11.3 Å². The third-order valence-electron chi connectivity index (χ3n) is 5.41. The van der Waals surface area contributed by atoms with Gasteiger partial charge in [0.25, 0.3) is 5.91 Å². The Morgan fingerprint density at radius 2 is 1.83 bits per heavy atom. The molecule has 0 saturated heterocycles. The molecule has 1 heterocycles. The average Bonchev–Trinajstić information content (AvgIpc) is 3.38. The molecular formula is C27H24BrN3O4S. The zero-order valence-electron chi connectivity index (χ0n) is 19.5. The molecule has 0 aliphatic rings. The van der Waals surface area contributed by atoms with Crippen molar-refractivity contribution < 1.29 is 19.4 Å². The van der Waals surface area contributed by atoms with Crippen molar-refractivity contribution >= 4 is 50.0 Å². The number of carboxylic acid groups (broad SMARTS) is 1. The molecule has 0 aliphatic heterocycles. The number of nitrogens with zero attached hydrogens (tertiary/aromatic N) is 2. The minimum Gasteiger partial charge on any atom is -0.497 e. The molecule has 2 N–H and O–H groups in total. The number of rotatable bonds is 10. The Kier molecular flexibility index (Phi) is 8.35. The van der Waals surface area contributed by atoms with Gasteiger partial charge in [-0.3, -0.25) is 9.59 Å². The van der Waals surface area contributed by atoms with Crippen LogP contribution in [-0.4, -0.2) is 35.6 Å². The quantitative estimate of drug-likeness (QED) is 0.240. The van der Waals surface area contributed by atoms with E-state index in [2.05, 4.69) is 26.1 Å². The Morgan fingerprint density at radius 3 is 2.53 bits per heavy atom. The van der Waals surface area contributed by atoms with E-state index < -0.39 is 5.97 Å². The summed E-state index contributed by atoms with van der Waals surface area (Å²) in [6, 6.07) is 23.1. The maximum atomic E-state index is 12.3. The first-order valence-electron chi connectivity index (χ1n) is 11.1. The van der Waals surface area contributed by atoms with Crippen LogP contribution < -0.4 is 15.0 Å². The zero-order valence-corrected chi connectivity index (χ0v) is 21.9. The van der Waals surface area contributed by atoms with Gasteiger partial charge in [0.1, 0.15) is 5.75 Å². The molecule has 4 aromatic rings. The molecule has 36 heavy (non-hydrogen) atoms. The number of hydrogen-bond donors (Lipinski definition) is 2. The summed E-state index contributed by atoms with van der Waals surface area (Å²) in [5.41, 5.74) is 4.31. The van der Waals surface area contributed by atoms with Crippen LogP contribution in [0.1, 0.15) is 22.3 Å². The van der Waals surface area contributed by atoms with Crippen molar-refractivity contribution in [3.8, 4) is 17.0 Å². The van der Waals surface area contributed by atoms with Crippen molar-refractivity contribution in [2.45, 2.75) is 13.0 Å². The summed E-state index contributed by atoms with van der Waals surface area (Å²) in [7, 11) is 1.64. The Hall–Kier alpha value is -3.69. The van der Waals surface area contributed by atoms with Gasteiger partial charge in [-0.1, -0.05) is 40.2 Å². The molecule has 0 bridgehead atoms. The molecule has 1 aromatic heterocycles. The van der Waals surface area contributed by atoms with Crippen molar-refractivity contribution in [2.75, 3.05) is 18.6 Å². The Morgan fingerprint density at radius 1 is 1.08 bits per heavy atom. The van der Waals surface area contributed by atoms with Gasteiger partial charge >= 0.3 is 5.97 Å². The molecule has 0 radical (unpaired) electrons. The molecular weight excluding hydrogens is 542 g/mol. The highest BCUT2D eigenvalue weighted by Crippen LogP contribution is 2.34. The van der Waals surface area contributed by atoms with Crippen LogP contribution in [-0.2, 0) is 11.3 Å². The van der Waals surface area contributed by atoms with Gasteiger partial charge in [-0.15, -0.1) is 11.3 Å². The number of carboxylic acids is 1. The second-order valence-electron chi connectivity index (χ2n) is 7.91. The van der Waals surface area contributed by atoms with E-state index in [1.165, 1.54) is 0 Å². The first kappa shape index (κ1) is 25.4. The predicted octanol–water partition coefficient (Wildman–Crippen LogP) is 6.12. The van der Waals surface area contributed by atoms with Crippen molar-refractivity contribution in [2.24, 2.45) is 0 Å². The van der Waals surface area contributed by atoms with Crippen molar-refractivity contribution in [1.29, 1.82) is 0 Å². The number of anilines is 2. The van der Waals surface area contributed by atoms with Crippen LogP contribution in [0.4, 0.5) is 10.8 Å². The highest BCUT2D eigenvalue weighted by molar-refractivity contribution is 9.10. The van der Waals surface area contributed by atoms with Crippen LogP contribution in [0.5, 0.6) is 5.75 Å². The van der Waals surface area contributed by atoms with E-state index in [0.717, 1.165) is 37.9 Å². The molecule has 7 nitrogen and oxygen atoms in total. The number of halogens is 1. The lowest BCUT2D eigenvalue weighted by atomic mass is 10.1.